The van der Waals surface area contributed by atoms with Crippen LogP contribution in [0.3, 0.4) is 0 Å². The number of methoxy groups -OCH3 is 1. The minimum atomic E-state index is -0.486. The molecule has 1 aromatic heterocycles. The molecule has 0 aromatic carbocycles. The van der Waals surface area contributed by atoms with Gasteiger partial charge in [-0.3, -0.25) is 9.78 Å². The first-order valence-electron chi connectivity index (χ1n) is 4.87. The third-order valence-electron chi connectivity index (χ3n) is 2.63. The zero-order valence-corrected chi connectivity index (χ0v) is 8.70. The van der Waals surface area contributed by atoms with E-state index in [1.165, 1.54) is 7.11 Å². The minimum Gasteiger partial charge on any atom is -0.481 e. The molecule has 0 aliphatic heterocycles. The van der Waals surface area contributed by atoms with Gasteiger partial charge < -0.3 is 4.74 Å². The molecule has 0 spiro atoms. The van der Waals surface area contributed by atoms with Crippen molar-refractivity contribution in [1.82, 2.24) is 4.98 Å². The summed E-state index contributed by atoms with van der Waals surface area (Å²) in [7, 11) is 1.38. The van der Waals surface area contributed by atoms with E-state index in [2.05, 4.69) is 4.98 Å². The molecule has 1 saturated carbocycles. The maximum absolute atomic E-state index is 11.6. The Morgan fingerprint density at radius 3 is 2.38 bits per heavy atom. The first-order chi connectivity index (χ1) is 7.72. The van der Waals surface area contributed by atoms with Crippen LogP contribution in [0.4, 0.5) is 0 Å². The highest BCUT2D eigenvalue weighted by atomic mass is 16.5. The van der Waals surface area contributed by atoms with Gasteiger partial charge in [0.2, 0.25) is 5.88 Å². The highest BCUT2D eigenvalue weighted by Gasteiger charge is 2.32. The first kappa shape index (κ1) is 10.3. The van der Waals surface area contributed by atoms with E-state index in [9.17, 15) is 4.79 Å². The summed E-state index contributed by atoms with van der Waals surface area (Å²) in [5, 5.41) is 18.0. The zero-order chi connectivity index (χ0) is 11.7. The van der Waals surface area contributed by atoms with Crippen molar-refractivity contribution in [3.8, 4) is 18.0 Å². The van der Waals surface area contributed by atoms with Crippen LogP contribution in [0.15, 0.2) is 4.79 Å². The number of rotatable bonds is 2. The Bertz CT molecular complexity index is 571. The Labute approximate surface area is 91.9 Å². The molecule has 1 aliphatic rings. The van der Waals surface area contributed by atoms with E-state index in [-0.39, 0.29) is 22.9 Å². The zero-order valence-electron chi connectivity index (χ0n) is 8.70. The highest BCUT2D eigenvalue weighted by molar-refractivity contribution is 5.54. The molecule has 0 amide bonds. The Balaban J connectivity index is 2.80. The minimum absolute atomic E-state index is 0.0415. The summed E-state index contributed by atoms with van der Waals surface area (Å²) in [6, 6.07) is 3.85. The molecule has 0 unspecified atom stereocenters. The monoisotopic (exact) mass is 215 g/mol. The standard InChI is InChI=1S/C11H9N3O2/c1-16-11-8(5-13)9(6-2-3-6)7(4-12)10(15)14-11/h6H,2-3H2,1H3,(H,14,15). The maximum atomic E-state index is 11.6. The van der Waals surface area contributed by atoms with E-state index in [0.717, 1.165) is 12.8 Å². The van der Waals surface area contributed by atoms with Gasteiger partial charge in [0.25, 0.3) is 5.56 Å². The topological polar surface area (TPSA) is 89.7 Å². The lowest BCUT2D eigenvalue weighted by Gasteiger charge is -2.08. The van der Waals surface area contributed by atoms with Gasteiger partial charge in [0.1, 0.15) is 23.3 Å². The molecule has 1 N–H and O–H groups in total. The van der Waals surface area contributed by atoms with Crippen molar-refractivity contribution in [2.24, 2.45) is 0 Å². The lowest BCUT2D eigenvalue weighted by molar-refractivity contribution is 0.394. The van der Waals surface area contributed by atoms with Crippen molar-refractivity contribution in [3.63, 3.8) is 0 Å². The van der Waals surface area contributed by atoms with Crippen LogP contribution in [0.2, 0.25) is 0 Å². The van der Waals surface area contributed by atoms with Crippen molar-refractivity contribution >= 4 is 0 Å². The lowest BCUT2D eigenvalue weighted by atomic mass is 10.0. The number of hydrogen-bond acceptors (Lipinski definition) is 4. The molecular formula is C11H9N3O2. The lowest BCUT2D eigenvalue weighted by Crippen LogP contribution is -2.16. The second-order valence-corrected chi connectivity index (χ2v) is 3.65. The Hall–Kier alpha value is -2.27. The molecule has 80 valence electrons. The third kappa shape index (κ3) is 1.43. The summed E-state index contributed by atoms with van der Waals surface area (Å²) in [6.07, 6.45) is 1.83. The van der Waals surface area contributed by atoms with Crippen molar-refractivity contribution in [1.29, 1.82) is 10.5 Å². The number of aromatic nitrogens is 1. The molecule has 0 radical (unpaired) electrons. The summed E-state index contributed by atoms with van der Waals surface area (Å²) in [5.74, 6) is 0.300. The molecule has 0 saturated heterocycles. The van der Waals surface area contributed by atoms with Crippen LogP contribution in [0.25, 0.3) is 0 Å². The first-order valence-corrected chi connectivity index (χ1v) is 4.87. The number of pyridine rings is 1. The predicted octanol–water partition coefficient (Wildman–Crippen LogP) is 1.00. The van der Waals surface area contributed by atoms with E-state index in [4.69, 9.17) is 15.3 Å². The van der Waals surface area contributed by atoms with Gasteiger partial charge in [-0.2, -0.15) is 10.5 Å². The van der Waals surface area contributed by atoms with Crippen molar-refractivity contribution in [2.75, 3.05) is 7.11 Å². The fourth-order valence-corrected chi connectivity index (χ4v) is 1.75. The summed E-state index contributed by atoms with van der Waals surface area (Å²) in [4.78, 5) is 14.0. The van der Waals surface area contributed by atoms with E-state index in [1.54, 1.807) is 0 Å². The Morgan fingerprint density at radius 1 is 1.31 bits per heavy atom. The Morgan fingerprint density at radius 2 is 1.94 bits per heavy atom. The Kier molecular flexibility index (Phi) is 2.38. The molecule has 1 aliphatic carbocycles. The number of H-pyrrole nitrogens is 1. The molecule has 2 rings (SSSR count). The van der Waals surface area contributed by atoms with E-state index >= 15 is 0 Å². The van der Waals surface area contributed by atoms with E-state index in [0.29, 0.717) is 5.56 Å². The van der Waals surface area contributed by atoms with Crippen LogP contribution < -0.4 is 10.3 Å². The molecule has 5 heteroatoms. The van der Waals surface area contributed by atoms with Gasteiger partial charge in [-0.1, -0.05) is 0 Å². The highest BCUT2D eigenvalue weighted by Crippen LogP contribution is 2.43. The number of ether oxygens (including phenoxy) is 1. The van der Waals surface area contributed by atoms with Crippen LogP contribution >= 0.6 is 0 Å². The van der Waals surface area contributed by atoms with Gasteiger partial charge in [-0.05, 0) is 18.8 Å². The molecule has 5 nitrogen and oxygen atoms in total. The number of nitrogens with one attached hydrogen (secondary N) is 1. The van der Waals surface area contributed by atoms with Crippen molar-refractivity contribution < 1.29 is 4.74 Å². The van der Waals surface area contributed by atoms with Crippen LogP contribution in [0, 0.1) is 22.7 Å². The van der Waals surface area contributed by atoms with Crippen LogP contribution in [0.5, 0.6) is 5.88 Å². The van der Waals surface area contributed by atoms with Crippen molar-refractivity contribution in [2.45, 2.75) is 18.8 Å². The SMILES string of the molecule is COc1[nH]c(=O)c(C#N)c(C2CC2)c1C#N. The average molecular weight is 215 g/mol. The number of hydrogen-bond donors (Lipinski definition) is 1. The van der Waals surface area contributed by atoms with Crippen LogP contribution in [-0.2, 0) is 0 Å². The second kappa shape index (κ2) is 3.71. The molecule has 0 atom stereocenters. The molecule has 1 fully saturated rings. The molecule has 0 bridgehead atoms. The predicted molar refractivity (Wildman–Crippen MR) is 55.0 cm³/mol. The molecular weight excluding hydrogens is 206 g/mol. The number of nitrogens with zero attached hydrogens (tertiary/aromatic N) is 2. The quantitative estimate of drug-likeness (QED) is 0.796. The van der Waals surface area contributed by atoms with Crippen LogP contribution in [0.1, 0.15) is 35.4 Å². The van der Waals surface area contributed by atoms with Crippen LogP contribution in [-0.4, -0.2) is 12.1 Å². The number of nitriles is 2. The van der Waals surface area contributed by atoms with Gasteiger partial charge >= 0.3 is 0 Å². The second-order valence-electron chi connectivity index (χ2n) is 3.65. The number of aromatic amines is 1. The molecule has 1 heterocycles. The average Bonchev–Trinajstić information content (AvgIpc) is 3.11. The van der Waals surface area contributed by atoms with E-state index < -0.39 is 5.56 Å². The summed E-state index contributed by atoms with van der Waals surface area (Å²) in [6.45, 7) is 0. The van der Waals surface area contributed by atoms with Gasteiger partial charge in [0.15, 0.2) is 0 Å². The summed E-state index contributed by atoms with van der Waals surface area (Å²) < 4.78 is 4.95. The fourth-order valence-electron chi connectivity index (χ4n) is 1.75. The van der Waals surface area contributed by atoms with E-state index in [1.807, 2.05) is 12.1 Å². The summed E-state index contributed by atoms with van der Waals surface area (Å²) >= 11 is 0. The molecule has 1 aromatic rings. The van der Waals surface area contributed by atoms with Gasteiger partial charge in [-0.25, -0.2) is 0 Å². The van der Waals surface area contributed by atoms with Gasteiger partial charge in [-0.15, -0.1) is 0 Å². The van der Waals surface area contributed by atoms with Crippen molar-refractivity contribution in [3.05, 3.63) is 27.0 Å². The fraction of sp³-hybridized carbons (Fsp3) is 0.364. The van der Waals surface area contributed by atoms with Gasteiger partial charge in [0.05, 0.1) is 7.11 Å². The summed E-state index contributed by atoms with van der Waals surface area (Å²) in [5.41, 5.74) is 0.381. The third-order valence-corrected chi connectivity index (χ3v) is 2.63. The van der Waals surface area contributed by atoms with Gasteiger partial charge in [0, 0.05) is 5.56 Å². The smallest absolute Gasteiger partial charge is 0.268 e. The molecule has 16 heavy (non-hydrogen) atoms. The maximum Gasteiger partial charge on any atom is 0.268 e. The largest absolute Gasteiger partial charge is 0.481 e. The normalized spacial score (nSPS) is 13.9.